The van der Waals surface area contributed by atoms with Gasteiger partial charge in [-0.3, -0.25) is 0 Å². The molecular formula is C11H22N2. The van der Waals surface area contributed by atoms with Crippen LogP contribution < -0.4 is 10.6 Å². The number of rotatable bonds is 4. The average molecular weight is 182 g/mol. The van der Waals surface area contributed by atoms with Crippen molar-refractivity contribution in [1.82, 2.24) is 10.6 Å². The highest BCUT2D eigenvalue weighted by Gasteiger charge is 2.40. The first-order valence-corrected chi connectivity index (χ1v) is 5.77. The summed E-state index contributed by atoms with van der Waals surface area (Å²) in [4.78, 5) is 0. The lowest BCUT2D eigenvalue weighted by molar-refractivity contribution is 0.350. The fraction of sp³-hybridized carbons (Fsp3) is 1.00. The summed E-state index contributed by atoms with van der Waals surface area (Å²) >= 11 is 0. The van der Waals surface area contributed by atoms with Gasteiger partial charge in [-0.1, -0.05) is 6.42 Å². The Morgan fingerprint density at radius 2 is 2.23 bits per heavy atom. The highest BCUT2D eigenvalue weighted by molar-refractivity contribution is 5.01. The van der Waals surface area contributed by atoms with Crippen LogP contribution in [0.15, 0.2) is 0 Å². The van der Waals surface area contributed by atoms with Gasteiger partial charge in [-0.2, -0.15) is 0 Å². The maximum atomic E-state index is 3.62. The molecule has 2 nitrogen and oxygen atoms in total. The second-order valence-electron chi connectivity index (χ2n) is 4.72. The van der Waals surface area contributed by atoms with Crippen LogP contribution in [0.25, 0.3) is 0 Å². The smallest absolute Gasteiger partial charge is 0.0180 e. The van der Waals surface area contributed by atoms with Crippen molar-refractivity contribution in [3.63, 3.8) is 0 Å². The maximum absolute atomic E-state index is 3.62. The number of piperidine rings is 1. The van der Waals surface area contributed by atoms with Crippen LogP contribution in [0.4, 0.5) is 0 Å². The summed E-state index contributed by atoms with van der Waals surface area (Å²) in [6.45, 7) is 1.25. The molecule has 13 heavy (non-hydrogen) atoms. The van der Waals surface area contributed by atoms with Crippen molar-refractivity contribution in [2.45, 2.75) is 56.5 Å². The molecule has 0 aromatic carbocycles. The van der Waals surface area contributed by atoms with E-state index >= 15 is 0 Å². The largest absolute Gasteiger partial charge is 0.314 e. The van der Waals surface area contributed by atoms with Gasteiger partial charge >= 0.3 is 0 Å². The van der Waals surface area contributed by atoms with Gasteiger partial charge in [-0.05, 0) is 52.1 Å². The number of nitrogens with one attached hydrogen (secondary N) is 2. The van der Waals surface area contributed by atoms with Crippen molar-refractivity contribution in [2.75, 3.05) is 13.6 Å². The van der Waals surface area contributed by atoms with E-state index in [1.165, 1.54) is 51.5 Å². The van der Waals surface area contributed by atoms with Gasteiger partial charge in [0.15, 0.2) is 0 Å². The minimum absolute atomic E-state index is 0.555. The third-order valence-corrected chi connectivity index (χ3v) is 3.77. The zero-order valence-electron chi connectivity index (χ0n) is 8.73. The molecule has 1 aliphatic carbocycles. The summed E-state index contributed by atoms with van der Waals surface area (Å²) < 4.78 is 0. The minimum atomic E-state index is 0.555. The lowest BCUT2D eigenvalue weighted by Crippen LogP contribution is -2.36. The van der Waals surface area contributed by atoms with Crippen LogP contribution in [0.1, 0.15) is 44.9 Å². The molecule has 1 saturated carbocycles. The summed E-state index contributed by atoms with van der Waals surface area (Å²) in [7, 11) is 2.11. The predicted molar refractivity (Wildman–Crippen MR) is 55.9 cm³/mol. The van der Waals surface area contributed by atoms with Gasteiger partial charge in [-0.15, -0.1) is 0 Å². The maximum Gasteiger partial charge on any atom is 0.0180 e. The third-order valence-electron chi connectivity index (χ3n) is 3.77. The first-order chi connectivity index (χ1) is 6.35. The quantitative estimate of drug-likeness (QED) is 0.691. The lowest BCUT2D eigenvalue weighted by atomic mass is 9.97. The molecule has 0 spiro atoms. The van der Waals surface area contributed by atoms with E-state index in [-0.39, 0.29) is 0 Å². The first kappa shape index (κ1) is 9.47. The van der Waals surface area contributed by atoms with E-state index in [9.17, 15) is 0 Å². The van der Waals surface area contributed by atoms with E-state index in [2.05, 4.69) is 17.7 Å². The van der Waals surface area contributed by atoms with Gasteiger partial charge in [0.2, 0.25) is 0 Å². The topological polar surface area (TPSA) is 24.1 Å². The molecule has 2 N–H and O–H groups in total. The van der Waals surface area contributed by atoms with Crippen LogP contribution in [0, 0.1) is 0 Å². The molecule has 1 unspecified atom stereocenters. The van der Waals surface area contributed by atoms with Gasteiger partial charge < -0.3 is 10.6 Å². The van der Waals surface area contributed by atoms with E-state index in [1.807, 2.05) is 0 Å². The monoisotopic (exact) mass is 182 g/mol. The Labute approximate surface area is 81.5 Å². The van der Waals surface area contributed by atoms with E-state index in [4.69, 9.17) is 0 Å². The molecule has 2 heteroatoms. The molecule has 2 fully saturated rings. The molecule has 0 bridgehead atoms. The number of hydrogen-bond donors (Lipinski definition) is 2. The van der Waals surface area contributed by atoms with Crippen LogP contribution in [0.3, 0.4) is 0 Å². The van der Waals surface area contributed by atoms with E-state index < -0.39 is 0 Å². The van der Waals surface area contributed by atoms with Gasteiger partial charge in [0.1, 0.15) is 0 Å². The van der Waals surface area contributed by atoms with Crippen LogP contribution in [0.5, 0.6) is 0 Å². The Balaban J connectivity index is 1.66. The molecule has 0 amide bonds. The highest BCUT2D eigenvalue weighted by atomic mass is 15.0. The van der Waals surface area contributed by atoms with Crippen LogP contribution >= 0.6 is 0 Å². The van der Waals surface area contributed by atoms with Crippen molar-refractivity contribution in [3.05, 3.63) is 0 Å². The molecular weight excluding hydrogens is 160 g/mol. The Kier molecular flexibility index (Phi) is 2.89. The normalized spacial score (nSPS) is 31.6. The van der Waals surface area contributed by atoms with Crippen molar-refractivity contribution >= 4 is 0 Å². The number of hydrogen-bond acceptors (Lipinski definition) is 2. The van der Waals surface area contributed by atoms with Gasteiger partial charge in [0, 0.05) is 11.6 Å². The van der Waals surface area contributed by atoms with Gasteiger partial charge in [-0.25, -0.2) is 0 Å². The fourth-order valence-electron chi connectivity index (χ4n) is 2.40. The highest BCUT2D eigenvalue weighted by Crippen LogP contribution is 2.39. The molecule has 2 rings (SSSR count). The van der Waals surface area contributed by atoms with Crippen molar-refractivity contribution in [2.24, 2.45) is 0 Å². The third kappa shape index (κ3) is 2.44. The Hall–Kier alpha value is -0.0800. The van der Waals surface area contributed by atoms with Crippen molar-refractivity contribution in [1.29, 1.82) is 0 Å². The summed E-state index contributed by atoms with van der Waals surface area (Å²) in [6.07, 6.45) is 9.77. The Morgan fingerprint density at radius 3 is 2.77 bits per heavy atom. The van der Waals surface area contributed by atoms with Crippen LogP contribution in [0.2, 0.25) is 0 Å². The van der Waals surface area contributed by atoms with Gasteiger partial charge in [0.25, 0.3) is 0 Å². The summed E-state index contributed by atoms with van der Waals surface area (Å²) in [5.74, 6) is 0. The molecule has 76 valence electrons. The lowest BCUT2D eigenvalue weighted by Gasteiger charge is -2.25. The summed E-state index contributed by atoms with van der Waals surface area (Å²) in [6, 6.07) is 0.819. The molecule has 2 aliphatic rings. The van der Waals surface area contributed by atoms with Gasteiger partial charge in [0.05, 0.1) is 0 Å². The van der Waals surface area contributed by atoms with Crippen molar-refractivity contribution in [3.8, 4) is 0 Å². The molecule has 1 saturated heterocycles. The molecule has 1 heterocycles. The second-order valence-corrected chi connectivity index (χ2v) is 4.72. The minimum Gasteiger partial charge on any atom is -0.314 e. The predicted octanol–water partition coefficient (Wildman–Crippen LogP) is 1.66. The zero-order valence-corrected chi connectivity index (χ0v) is 8.73. The van der Waals surface area contributed by atoms with Crippen molar-refractivity contribution < 1.29 is 0 Å². The zero-order chi connectivity index (χ0) is 9.15. The van der Waals surface area contributed by atoms with E-state index in [1.54, 1.807) is 0 Å². The van der Waals surface area contributed by atoms with Crippen LogP contribution in [-0.4, -0.2) is 25.2 Å². The summed E-state index contributed by atoms with van der Waals surface area (Å²) in [5, 5.41) is 7.08. The molecule has 1 atom stereocenters. The molecule has 0 radical (unpaired) electrons. The Morgan fingerprint density at radius 1 is 1.38 bits per heavy atom. The van der Waals surface area contributed by atoms with E-state index in [0.717, 1.165) is 6.04 Å². The first-order valence-electron chi connectivity index (χ1n) is 5.77. The summed E-state index contributed by atoms with van der Waals surface area (Å²) in [5.41, 5.74) is 0.555. The molecule has 0 aromatic heterocycles. The molecule has 0 aromatic rings. The van der Waals surface area contributed by atoms with E-state index in [0.29, 0.717) is 5.54 Å². The Bertz CT molecular complexity index is 157. The SMILES string of the molecule is CNC1(CCC2CCCCN2)CC1. The average Bonchev–Trinajstić information content (AvgIpc) is 2.97. The molecule has 1 aliphatic heterocycles. The standard InChI is InChI=1S/C11H22N2/c1-12-11(7-8-11)6-5-10-4-2-3-9-13-10/h10,12-13H,2-9H2,1H3. The fourth-order valence-corrected chi connectivity index (χ4v) is 2.40. The second kappa shape index (κ2) is 3.97. The van der Waals surface area contributed by atoms with Crippen LogP contribution in [-0.2, 0) is 0 Å².